The second kappa shape index (κ2) is 7.54. The van der Waals surface area contributed by atoms with Gasteiger partial charge in [0.05, 0.1) is 12.2 Å². The summed E-state index contributed by atoms with van der Waals surface area (Å²) in [6.45, 7) is 0. The van der Waals surface area contributed by atoms with E-state index in [-0.39, 0.29) is 12.0 Å². The molecule has 3 rings (SSSR count). The Morgan fingerprint density at radius 2 is 2.11 bits per heavy atom. The van der Waals surface area contributed by atoms with Crippen molar-refractivity contribution in [3.05, 3.63) is 79.2 Å². The summed E-state index contributed by atoms with van der Waals surface area (Å²) < 4.78 is 19.8. The molecule has 0 spiro atoms. The number of benzene rings is 1. The van der Waals surface area contributed by atoms with Gasteiger partial charge in [-0.2, -0.15) is 4.39 Å². The Hall–Kier alpha value is -3.27. The lowest BCUT2D eigenvalue weighted by molar-refractivity contribution is -0.0531. The van der Waals surface area contributed by atoms with E-state index >= 15 is 0 Å². The van der Waals surface area contributed by atoms with Gasteiger partial charge >= 0.3 is 5.69 Å². The summed E-state index contributed by atoms with van der Waals surface area (Å²) >= 11 is 0. The van der Waals surface area contributed by atoms with Crippen LogP contribution in [0.2, 0.25) is 0 Å². The fourth-order valence-electron chi connectivity index (χ4n) is 2.91. The first-order valence-electron chi connectivity index (χ1n) is 7.90. The molecular weight excluding hydrogens is 361 g/mol. The normalized spacial score (nSPS) is 22.8. The number of aliphatic hydroxyl groups excluding tert-OH is 1. The quantitative estimate of drug-likeness (QED) is 0.344. The van der Waals surface area contributed by atoms with Gasteiger partial charge in [-0.1, -0.05) is 35.4 Å². The van der Waals surface area contributed by atoms with Crippen molar-refractivity contribution in [2.75, 3.05) is 0 Å². The first-order chi connectivity index (χ1) is 12.9. The van der Waals surface area contributed by atoms with E-state index in [0.717, 1.165) is 4.57 Å². The largest absolute Gasteiger partial charge is 0.382 e. The zero-order valence-electron chi connectivity index (χ0n) is 13.7. The van der Waals surface area contributed by atoms with E-state index in [2.05, 4.69) is 10.0 Å². The maximum absolute atomic E-state index is 13.5. The van der Waals surface area contributed by atoms with Crippen molar-refractivity contribution < 1.29 is 19.0 Å². The molecular formula is C16H14FN5O5. The van der Waals surface area contributed by atoms with Crippen molar-refractivity contribution in [2.24, 2.45) is 5.11 Å². The molecule has 0 amide bonds. The van der Waals surface area contributed by atoms with E-state index < -0.39 is 47.3 Å². The molecule has 2 aromatic rings. The van der Waals surface area contributed by atoms with Gasteiger partial charge in [-0.25, -0.2) is 4.79 Å². The number of carbonyl (C=O) groups excluding carboxylic acids is 1. The standard InChI is InChI=1S/C16H14FN5O5/c17-9-7-22(16(26)19-15(9)25)11-6-10(20-21-18)14(27-11)13(24)12(23)8-4-2-1-3-5-8/h1-5,7,10-11,13-14,24H,6H2,(H,19,25,26)/t10-,11+,13?,14-/m0/s1. The zero-order valence-corrected chi connectivity index (χ0v) is 13.7. The maximum atomic E-state index is 13.5. The molecule has 10 nitrogen and oxygen atoms in total. The Morgan fingerprint density at radius 1 is 1.41 bits per heavy atom. The van der Waals surface area contributed by atoms with Crippen LogP contribution in [0.5, 0.6) is 0 Å². The van der Waals surface area contributed by atoms with Crippen molar-refractivity contribution in [2.45, 2.75) is 30.9 Å². The van der Waals surface area contributed by atoms with Crippen molar-refractivity contribution in [1.29, 1.82) is 0 Å². The first kappa shape index (κ1) is 18.5. The number of Topliss-reactive ketones (excluding diaryl/α,β-unsaturated/α-hetero) is 1. The van der Waals surface area contributed by atoms with Crippen molar-refractivity contribution in [1.82, 2.24) is 9.55 Å². The molecule has 1 saturated heterocycles. The molecule has 4 atom stereocenters. The summed E-state index contributed by atoms with van der Waals surface area (Å²) in [6, 6.07) is 6.96. The third-order valence-corrected chi connectivity index (χ3v) is 4.21. The van der Waals surface area contributed by atoms with Gasteiger partial charge < -0.3 is 9.84 Å². The highest BCUT2D eigenvalue weighted by atomic mass is 19.1. The number of halogens is 1. The fourth-order valence-corrected chi connectivity index (χ4v) is 2.91. The molecule has 2 N–H and O–H groups in total. The number of aromatic amines is 1. The predicted octanol–water partition coefficient (Wildman–Crippen LogP) is 0.886. The van der Waals surface area contributed by atoms with Gasteiger partial charge in [0, 0.05) is 16.9 Å². The van der Waals surface area contributed by atoms with Crippen LogP contribution in [0.3, 0.4) is 0 Å². The minimum atomic E-state index is -1.67. The SMILES string of the molecule is [N-]=[N+]=N[C@H]1C[C@H](n2cc(F)c(=O)[nH]c2=O)O[C@@H]1C(O)C(=O)c1ccccc1. The average molecular weight is 375 g/mol. The van der Waals surface area contributed by atoms with Crippen LogP contribution in [0, 0.1) is 5.82 Å². The second-order valence-corrected chi connectivity index (χ2v) is 5.88. The number of carbonyl (C=O) groups is 1. The van der Waals surface area contributed by atoms with Crippen LogP contribution >= 0.6 is 0 Å². The lowest BCUT2D eigenvalue weighted by Gasteiger charge is -2.21. The minimum Gasteiger partial charge on any atom is -0.382 e. The molecule has 0 radical (unpaired) electrons. The molecule has 0 saturated carbocycles. The molecule has 1 aliphatic heterocycles. The van der Waals surface area contributed by atoms with E-state index in [1.54, 1.807) is 23.2 Å². The molecule has 140 valence electrons. The van der Waals surface area contributed by atoms with Gasteiger partial charge in [0.1, 0.15) is 18.4 Å². The van der Waals surface area contributed by atoms with E-state index in [1.807, 2.05) is 0 Å². The zero-order chi connectivity index (χ0) is 19.6. The summed E-state index contributed by atoms with van der Waals surface area (Å²) in [5, 5.41) is 13.9. The molecule has 1 aliphatic rings. The minimum absolute atomic E-state index is 0.0980. The van der Waals surface area contributed by atoms with E-state index in [4.69, 9.17) is 10.3 Å². The highest BCUT2D eigenvalue weighted by Crippen LogP contribution is 2.32. The molecule has 0 bridgehead atoms. The number of H-pyrrole nitrogens is 1. The van der Waals surface area contributed by atoms with E-state index in [9.17, 15) is 23.9 Å². The average Bonchev–Trinajstić information content (AvgIpc) is 3.08. The Balaban J connectivity index is 1.90. The Labute approximate surface area is 150 Å². The van der Waals surface area contributed by atoms with E-state index in [1.165, 1.54) is 12.1 Å². The topological polar surface area (TPSA) is 150 Å². The van der Waals surface area contributed by atoms with Crippen LogP contribution in [0.4, 0.5) is 4.39 Å². The number of ether oxygens (including phenoxy) is 1. The van der Waals surface area contributed by atoms with Crippen LogP contribution in [0.1, 0.15) is 23.0 Å². The van der Waals surface area contributed by atoms with Crippen LogP contribution < -0.4 is 11.2 Å². The number of nitrogens with zero attached hydrogens (tertiary/aromatic N) is 4. The third-order valence-electron chi connectivity index (χ3n) is 4.21. The van der Waals surface area contributed by atoms with Gasteiger partial charge in [-0.3, -0.25) is 19.1 Å². The Kier molecular flexibility index (Phi) is 5.17. The van der Waals surface area contributed by atoms with Crippen LogP contribution in [-0.2, 0) is 4.74 Å². The summed E-state index contributed by atoms with van der Waals surface area (Å²) in [4.78, 5) is 40.0. The number of azide groups is 1. The smallest absolute Gasteiger partial charge is 0.330 e. The molecule has 0 aliphatic carbocycles. The number of aliphatic hydroxyl groups is 1. The fraction of sp³-hybridized carbons (Fsp3) is 0.312. The van der Waals surface area contributed by atoms with Crippen LogP contribution in [0.15, 0.2) is 51.2 Å². The van der Waals surface area contributed by atoms with Gasteiger partial charge in [-0.05, 0) is 5.53 Å². The molecule has 1 aromatic carbocycles. The van der Waals surface area contributed by atoms with E-state index in [0.29, 0.717) is 6.20 Å². The number of rotatable bonds is 5. The second-order valence-electron chi connectivity index (χ2n) is 5.88. The summed E-state index contributed by atoms with van der Waals surface area (Å²) in [5.41, 5.74) is 6.84. The first-order valence-corrected chi connectivity index (χ1v) is 7.90. The molecule has 1 fully saturated rings. The Morgan fingerprint density at radius 3 is 2.78 bits per heavy atom. The highest BCUT2D eigenvalue weighted by Gasteiger charge is 2.43. The van der Waals surface area contributed by atoms with Gasteiger partial charge in [0.2, 0.25) is 5.82 Å². The highest BCUT2D eigenvalue weighted by molar-refractivity contribution is 5.99. The monoisotopic (exact) mass is 375 g/mol. The summed E-state index contributed by atoms with van der Waals surface area (Å²) in [6.07, 6.45) is -3.49. The maximum Gasteiger partial charge on any atom is 0.330 e. The number of hydrogen-bond acceptors (Lipinski definition) is 6. The number of aromatic nitrogens is 2. The lowest BCUT2D eigenvalue weighted by atomic mass is 9.98. The molecule has 2 heterocycles. The number of ketones is 1. The Bertz CT molecular complexity index is 1010. The van der Waals surface area contributed by atoms with Gasteiger partial charge in [0.25, 0.3) is 5.56 Å². The molecule has 1 unspecified atom stereocenters. The third kappa shape index (κ3) is 3.65. The summed E-state index contributed by atoms with van der Waals surface area (Å²) in [5.74, 6) is -1.86. The number of nitrogens with one attached hydrogen (secondary N) is 1. The predicted molar refractivity (Wildman–Crippen MR) is 89.5 cm³/mol. The van der Waals surface area contributed by atoms with Gasteiger partial charge in [-0.15, -0.1) is 0 Å². The van der Waals surface area contributed by atoms with Crippen molar-refractivity contribution in [3.8, 4) is 0 Å². The summed E-state index contributed by atoms with van der Waals surface area (Å²) in [7, 11) is 0. The van der Waals surface area contributed by atoms with Crippen molar-refractivity contribution in [3.63, 3.8) is 0 Å². The van der Waals surface area contributed by atoms with Gasteiger partial charge in [0.15, 0.2) is 5.78 Å². The van der Waals surface area contributed by atoms with Crippen LogP contribution in [-0.4, -0.2) is 38.7 Å². The molecule has 11 heteroatoms. The van der Waals surface area contributed by atoms with Crippen LogP contribution in [0.25, 0.3) is 10.4 Å². The lowest BCUT2D eigenvalue weighted by Crippen LogP contribution is -2.40. The van der Waals surface area contributed by atoms with Crippen molar-refractivity contribution >= 4 is 5.78 Å². The molecule has 27 heavy (non-hydrogen) atoms. The molecule has 1 aromatic heterocycles. The number of hydrogen-bond donors (Lipinski definition) is 2.